The number of hydrogen-bond donors (Lipinski definition) is 0. The maximum Gasteiger partial charge on any atom is 0.157 e. The first-order valence-electron chi connectivity index (χ1n) is 7.54. The zero-order valence-electron chi connectivity index (χ0n) is 11.7. The quantitative estimate of drug-likeness (QED) is 0.775. The molecule has 2 aliphatic heterocycles. The third kappa shape index (κ3) is 2.45. The summed E-state index contributed by atoms with van der Waals surface area (Å²) in [4.78, 5) is 0. The Morgan fingerprint density at radius 2 is 2.06 bits per heavy atom. The van der Waals surface area contributed by atoms with Crippen molar-refractivity contribution in [3.05, 3.63) is 0 Å². The molecule has 0 aromatic carbocycles. The highest BCUT2D eigenvalue weighted by Gasteiger charge is 2.50. The minimum atomic E-state index is 0.0631. The molecular weight excluding hydrogens is 228 g/mol. The molecule has 3 rings (SSSR count). The van der Waals surface area contributed by atoms with Gasteiger partial charge in [0.05, 0.1) is 18.8 Å². The van der Waals surface area contributed by atoms with E-state index in [4.69, 9.17) is 14.2 Å². The molecule has 104 valence electrons. The van der Waals surface area contributed by atoms with Crippen molar-refractivity contribution < 1.29 is 14.2 Å². The topological polar surface area (TPSA) is 27.7 Å². The first-order valence-corrected chi connectivity index (χ1v) is 7.54. The third-order valence-electron chi connectivity index (χ3n) is 5.15. The molecule has 0 aromatic heterocycles. The summed E-state index contributed by atoms with van der Waals surface area (Å²) in [6.07, 6.45) is 6.18. The standard InChI is InChI=1S/C15H26O3/c1-15(2)13-7-6-11(12(13)10-18-15)9-17-14-5-3-4-8-16-14/h11-14H,3-10H2,1-2H3/t11-,12+,13-,14?/m1/s1. The van der Waals surface area contributed by atoms with Crippen molar-refractivity contribution in [3.63, 3.8) is 0 Å². The summed E-state index contributed by atoms with van der Waals surface area (Å²) < 4.78 is 17.5. The molecule has 0 amide bonds. The summed E-state index contributed by atoms with van der Waals surface area (Å²) in [7, 11) is 0. The van der Waals surface area contributed by atoms with Gasteiger partial charge >= 0.3 is 0 Å². The van der Waals surface area contributed by atoms with Gasteiger partial charge < -0.3 is 14.2 Å². The van der Waals surface area contributed by atoms with Crippen LogP contribution >= 0.6 is 0 Å². The lowest BCUT2D eigenvalue weighted by Crippen LogP contribution is -2.29. The molecule has 1 aliphatic carbocycles. The summed E-state index contributed by atoms with van der Waals surface area (Å²) in [5.74, 6) is 2.13. The molecule has 3 heteroatoms. The average Bonchev–Trinajstić information content (AvgIpc) is 2.90. The SMILES string of the molecule is CC1(C)OC[C@H]2[C@@H](COC3CCCCO3)CC[C@H]21. The summed E-state index contributed by atoms with van der Waals surface area (Å²) >= 11 is 0. The van der Waals surface area contributed by atoms with Crippen molar-refractivity contribution in [2.45, 2.75) is 57.8 Å². The minimum absolute atomic E-state index is 0.0631. The van der Waals surface area contributed by atoms with Crippen molar-refractivity contribution in [2.24, 2.45) is 17.8 Å². The van der Waals surface area contributed by atoms with Gasteiger partial charge in [-0.3, -0.25) is 0 Å². The number of rotatable bonds is 3. The Bertz CT molecular complexity index is 283. The van der Waals surface area contributed by atoms with Crippen LogP contribution in [-0.2, 0) is 14.2 Å². The fourth-order valence-electron chi connectivity index (χ4n) is 3.96. The smallest absolute Gasteiger partial charge is 0.157 e. The molecule has 3 fully saturated rings. The van der Waals surface area contributed by atoms with Gasteiger partial charge in [-0.25, -0.2) is 0 Å². The van der Waals surface area contributed by atoms with Gasteiger partial charge in [-0.2, -0.15) is 0 Å². The van der Waals surface area contributed by atoms with E-state index in [9.17, 15) is 0 Å². The Labute approximate surface area is 110 Å². The van der Waals surface area contributed by atoms with Gasteiger partial charge in [0.25, 0.3) is 0 Å². The van der Waals surface area contributed by atoms with E-state index in [1.807, 2.05) is 0 Å². The molecule has 3 aliphatic rings. The van der Waals surface area contributed by atoms with E-state index >= 15 is 0 Å². The molecule has 0 bridgehead atoms. The van der Waals surface area contributed by atoms with Crippen LogP contribution in [0.15, 0.2) is 0 Å². The van der Waals surface area contributed by atoms with Crippen LogP contribution in [0.3, 0.4) is 0 Å². The van der Waals surface area contributed by atoms with E-state index < -0.39 is 0 Å². The van der Waals surface area contributed by atoms with Gasteiger partial charge in [0.2, 0.25) is 0 Å². The maximum absolute atomic E-state index is 5.97. The summed E-state index contributed by atoms with van der Waals surface area (Å²) in [6.45, 7) is 7.15. The minimum Gasteiger partial charge on any atom is -0.375 e. The van der Waals surface area contributed by atoms with Crippen molar-refractivity contribution in [3.8, 4) is 0 Å². The molecular formula is C15H26O3. The predicted octanol–water partition coefficient (Wildman–Crippen LogP) is 2.98. The normalized spacial score (nSPS) is 43.0. The number of hydrogen-bond acceptors (Lipinski definition) is 3. The summed E-state index contributed by atoms with van der Waals surface area (Å²) in [6, 6.07) is 0. The van der Waals surface area contributed by atoms with Crippen LogP contribution in [0, 0.1) is 17.8 Å². The zero-order chi connectivity index (χ0) is 12.6. The lowest BCUT2D eigenvalue weighted by atomic mass is 9.83. The lowest BCUT2D eigenvalue weighted by molar-refractivity contribution is -0.170. The van der Waals surface area contributed by atoms with Crippen LogP contribution in [0.25, 0.3) is 0 Å². The van der Waals surface area contributed by atoms with Crippen molar-refractivity contribution in [1.29, 1.82) is 0 Å². The molecule has 0 spiro atoms. The highest BCUT2D eigenvalue weighted by atomic mass is 16.7. The van der Waals surface area contributed by atoms with Crippen molar-refractivity contribution in [2.75, 3.05) is 19.8 Å². The van der Waals surface area contributed by atoms with Crippen LogP contribution < -0.4 is 0 Å². The summed E-state index contributed by atoms with van der Waals surface area (Å²) in [5, 5.41) is 0. The first kappa shape index (κ1) is 12.9. The fraction of sp³-hybridized carbons (Fsp3) is 1.00. The highest BCUT2D eigenvalue weighted by Crippen LogP contribution is 2.49. The number of ether oxygens (including phenoxy) is 3. The Morgan fingerprint density at radius 1 is 1.17 bits per heavy atom. The van der Waals surface area contributed by atoms with E-state index in [-0.39, 0.29) is 11.9 Å². The molecule has 0 radical (unpaired) electrons. The van der Waals surface area contributed by atoms with Gasteiger partial charge in [-0.05, 0) is 63.7 Å². The van der Waals surface area contributed by atoms with Gasteiger partial charge in [-0.15, -0.1) is 0 Å². The van der Waals surface area contributed by atoms with E-state index in [1.54, 1.807) is 0 Å². The second-order valence-electron chi connectivity index (χ2n) is 6.65. The fourth-order valence-corrected chi connectivity index (χ4v) is 3.96. The summed E-state index contributed by atoms with van der Waals surface area (Å²) in [5.41, 5.74) is 0.0841. The number of fused-ring (bicyclic) bond motifs is 1. The van der Waals surface area contributed by atoms with Gasteiger partial charge in [0.15, 0.2) is 6.29 Å². The van der Waals surface area contributed by atoms with Crippen LogP contribution in [-0.4, -0.2) is 31.7 Å². The Kier molecular flexibility index (Phi) is 3.65. The van der Waals surface area contributed by atoms with Gasteiger partial charge in [0.1, 0.15) is 0 Å². The van der Waals surface area contributed by atoms with Crippen LogP contribution in [0.5, 0.6) is 0 Å². The molecule has 2 heterocycles. The molecule has 1 saturated carbocycles. The van der Waals surface area contributed by atoms with Gasteiger partial charge in [0, 0.05) is 6.61 Å². The maximum atomic E-state index is 5.97. The van der Waals surface area contributed by atoms with Crippen molar-refractivity contribution in [1.82, 2.24) is 0 Å². The highest BCUT2D eigenvalue weighted by molar-refractivity contribution is 4.98. The van der Waals surface area contributed by atoms with Crippen molar-refractivity contribution >= 4 is 0 Å². The molecule has 3 nitrogen and oxygen atoms in total. The molecule has 0 N–H and O–H groups in total. The van der Waals surface area contributed by atoms with Crippen LogP contribution in [0.4, 0.5) is 0 Å². The van der Waals surface area contributed by atoms with E-state index in [1.165, 1.54) is 25.7 Å². The Morgan fingerprint density at radius 3 is 2.83 bits per heavy atom. The average molecular weight is 254 g/mol. The van der Waals surface area contributed by atoms with Crippen LogP contribution in [0.2, 0.25) is 0 Å². The van der Waals surface area contributed by atoms with Crippen LogP contribution in [0.1, 0.15) is 46.0 Å². The van der Waals surface area contributed by atoms with E-state index in [2.05, 4.69) is 13.8 Å². The van der Waals surface area contributed by atoms with E-state index in [0.717, 1.165) is 32.2 Å². The molecule has 18 heavy (non-hydrogen) atoms. The molecule has 1 unspecified atom stereocenters. The second kappa shape index (κ2) is 5.10. The second-order valence-corrected chi connectivity index (χ2v) is 6.65. The third-order valence-corrected chi connectivity index (χ3v) is 5.15. The van der Waals surface area contributed by atoms with Gasteiger partial charge in [-0.1, -0.05) is 0 Å². The zero-order valence-corrected chi connectivity index (χ0v) is 11.7. The molecule has 2 saturated heterocycles. The lowest BCUT2D eigenvalue weighted by Gasteiger charge is -2.26. The van der Waals surface area contributed by atoms with E-state index in [0.29, 0.717) is 11.8 Å². The first-order chi connectivity index (χ1) is 8.67. The molecule has 0 aromatic rings. The largest absolute Gasteiger partial charge is 0.375 e. The molecule has 4 atom stereocenters. The predicted molar refractivity (Wildman–Crippen MR) is 69.3 cm³/mol. The Balaban J connectivity index is 1.49. The monoisotopic (exact) mass is 254 g/mol. The Hall–Kier alpha value is -0.120.